The molecule has 0 aromatic carbocycles. The van der Waals surface area contributed by atoms with Gasteiger partial charge in [0.25, 0.3) is 0 Å². The van der Waals surface area contributed by atoms with E-state index in [0.717, 1.165) is 32.5 Å². The van der Waals surface area contributed by atoms with Gasteiger partial charge < -0.3 is 5.73 Å². The molecule has 0 unspecified atom stereocenters. The van der Waals surface area contributed by atoms with E-state index in [4.69, 9.17) is 5.73 Å². The molecule has 0 amide bonds. The lowest BCUT2D eigenvalue weighted by molar-refractivity contribution is 0.000335. The molecule has 0 bridgehead atoms. The zero-order chi connectivity index (χ0) is 13.1. The van der Waals surface area contributed by atoms with Gasteiger partial charge >= 0.3 is 0 Å². The number of piperazine rings is 1. The highest BCUT2D eigenvalue weighted by molar-refractivity contribution is 4.93. The van der Waals surface area contributed by atoms with Crippen LogP contribution in [0.25, 0.3) is 0 Å². The molecule has 1 heterocycles. The number of rotatable bonds is 4. The third-order valence-corrected chi connectivity index (χ3v) is 4.60. The highest BCUT2D eigenvalue weighted by Gasteiger charge is 2.35. The van der Waals surface area contributed by atoms with Crippen molar-refractivity contribution in [2.75, 3.05) is 32.7 Å². The first-order chi connectivity index (χ1) is 7.89. The van der Waals surface area contributed by atoms with Gasteiger partial charge in [0.15, 0.2) is 0 Å². The molecule has 1 fully saturated rings. The Labute approximate surface area is 107 Å². The van der Waals surface area contributed by atoms with E-state index in [9.17, 15) is 0 Å². The number of hydrogen-bond donors (Lipinski definition) is 1. The minimum Gasteiger partial charge on any atom is -0.329 e. The van der Waals surface area contributed by atoms with Crippen molar-refractivity contribution < 1.29 is 0 Å². The van der Waals surface area contributed by atoms with Crippen LogP contribution in [0.15, 0.2) is 0 Å². The van der Waals surface area contributed by atoms with Crippen LogP contribution in [0.4, 0.5) is 0 Å². The zero-order valence-electron chi connectivity index (χ0n) is 12.4. The summed E-state index contributed by atoms with van der Waals surface area (Å²) in [6, 6.07) is 0. The summed E-state index contributed by atoms with van der Waals surface area (Å²) < 4.78 is 0. The molecule has 1 rings (SSSR count). The molecule has 1 aliphatic heterocycles. The molecule has 1 saturated heterocycles. The summed E-state index contributed by atoms with van der Waals surface area (Å²) in [4.78, 5) is 5.20. The summed E-state index contributed by atoms with van der Waals surface area (Å²) in [5, 5.41) is 0. The van der Waals surface area contributed by atoms with Gasteiger partial charge in [-0.3, -0.25) is 9.80 Å². The van der Waals surface area contributed by atoms with E-state index < -0.39 is 0 Å². The Hall–Kier alpha value is -0.120. The maximum Gasteiger partial charge on any atom is 0.0327 e. The van der Waals surface area contributed by atoms with Gasteiger partial charge in [-0.05, 0) is 33.6 Å². The summed E-state index contributed by atoms with van der Waals surface area (Å²) >= 11 is 0. The minimum absolute atomic E-state index is 0.240. The van der Waals surface area contributed by atoms with E-state index in [1.165, 1.54) is 13.1 Å². The topological polar surface area (TPSA) is 32.5 Å². The van der Waals surface area contributed by atoms with Gasteiger partial charge in [-0.15, -0.1) is 0 Å². The summed E-state index contributed by atoms with van der Waals surface area (Å²) in [6.07, 6.45) is 2.32. The predicted octanol–water partition coefficient (Wildman–Crippen LogP) is 1.92. The third-order valence-electron chi connectivity index (χ3n) is 4.60. The minimum atomic E-state index is 0.240. The second-order valence-electron chi connectivity index (χ2n) is 6.28. The summed E-state index contributed by atoms with van der Waals surface area (Å²) in [5.41, 5.74) is 6.57. The molecule has 0 atom stereocenters. The van der Waals surface area contributed by atoms with Crippen molar-refractivity contribution in [2.24, 2.45) is 5.73 Å². The number of hydrogen-bond acceptors (Lipinski definition) is 3. The van der Waals surface area contributed by atoms with E-state index in [1.54, 1.807) is 0 Å². The average molecular weight is 241 g/mol. The molecule has 0 spiro atoms. The van der Waals surface area contributed by atoms with Gasteiger partial charge in [0.2, 0.25) is 0 Å². The summed E-state index contributed by atoms with van der Waals surface area (Å²) in [5.74, 6) is 0. The Morgan fingerprint density at radius 1 is 0.882 bits per heavy atom. The van der Waals surface area contributed by atoms with Crippen LogP contribution in [-0.4, -0.2) is 53.6 Å². The monoisotopic (exact) mass is 241 g/mol. The second kappa shape index (κ2) is 5.68. The van der Waals surface area contributed by atoms with Crippen LogP contribution in [0.5, 0.6) is 0 Å². The summed E-state index contributed by atoms with van der Waals surface area (Å²) in [6.45, 7) is 16.9. The standard InChI is InChI=1S/C14H31N3/c1-6-14(7-2,12-15)17-10-8-16(9-11-17)13(3,4)5/h6-12,15H2,1-5H3. The molecule has 0 aromatic rings. The van der Waals surface area contributed by atoms with E-state index >= 15 is 0 Å². The van der Waals surface area contributed by atoms with Crippen molar-refractivity contribution in [1.82, 2.24) is 9.80 Å². The van der Waals surface area contributed by atoms with Gasteiger partial charge in [0.05, 0.1) is 0 Å². The van der Waals surface area contributed by atoms with Gasteiger partial charge in [-0.2, -0.15) is 0 Å². The molecule has 17 heavy (non-hydrogen) atoms. The maximum absolute atomic E-state index is 6.02. The average Bonchev–Trinajstić information content (AvgIpc) is 2.32. The molecule has 0 aromatic heterocycles. The fourth-order valence-electron chi connectivity index (χ4n) is 2.97. The predicted molar refractivity (Wildman–Crippen MR) is 75.3 cm³/mol. The molecule has 3 nitrogen and oxygen atoms in total. The summed E-state index contributed by atoms with van der Waals surface area (Å²) in [7, 11) is 0. The van der Waals surface area contributed by atoms with Gasteiger partial charge in [0, 0.05) is 43.8 Å². The van der Waals surface area contributed by atoms with Gasteiger partial charge in [0.1, 0.15) is 0 Å². The fraction of sp³-hybridized carbons (Fsp3) is 1.00. The Morgan fingerprint density at radius 3 is 1.59 bits per heavy atom. The van der Waals surface area contributed by atoms with Crippen molar-refractivity contribution in [2.45, 2.75) is 58.5 Å². The molecule has 0 radical (unpaired) electrons. The SMILES string of the molecule is CCC(CC)(CN)N1CCN(C(C)(C)C)CC1. The lowest BCUT2D eigenvalue weighted by atomic mass is 9.89. The van der Waals surface area contributed by atoms with E-state index in [0.29, 0.717) is 5.54 Å². The Kier molecular flexibility index (Phi) is 4.99. The van der Waals surface area contributed by atoms with Crippen LogP contribution in [0.2, 0.25) is 0 Å². The van der Waals surface area contributed by atoms with Crippen LogP contribution in [0.3, 0.4) is 0 Å². The molecular formula is C14H31N3. The first-order valence-electron chi connectivity index (χ1n) is 7.10. The molecule has 1 aliphatic rings. The van der Waals surface area contributed by atoms with Crippen molar-refractivity contribution in [3.05, 3.63) is 0 Å². The first kappa shape index (κ1) is 14.9. The first-order valence-corrected chi connectivity index (χ1v) is 7.10. The largest absolute Gasteiger partial charge is 0.329 e. The lowest BCUT2D eigenvalue weighted by Crippen LogP contribution is -2.62. The number of nitrogens with two attached hydrogens (primary N) is 1. The van der Waals surface area contributed by atoms with Gasteiger partial charge in [-0.25, -0.2) is 0 Å². The molecule has 0 saturated carbocycles. The molecular weight excluding hydrogens is 210 g/mol. The van der Waals surface area contributed by atoms with Crippen LogP contribution in [0.1, 0.15) is 47.5 Å². The number of nitrogens with zero attached hydrogens (tertiary/aromatic N) is 2. The molecule has 3 heteroatoms. The maximum atomic E-state index is 6.02. The van der Waals surface area contributed by atoms with Crippen LogP contribution in [0, 0.1) is 0 Å². The Balaban J connectivity index is 2.62. The normalized spacial score (nSPS) is 20.8. The quantitative estimate of drug-likeness (QED) is 0.816. The van der Waals surface area contributed by atoms with Crippen LogP contribution >= 0.6 is 0 Å². The van der Waals surface area contributed by atoms with E-state index in [2.05, 4.69) is 44.4 Å². The van der Waals surface area contributed by atoms with Crippen molar-refractivity contribution >= 4 is 0 Å². The van der Waals surface area contributed by atoms with Crippen LogP contribution < -0.4 is 5.73 Å². The zero-order valence-corrected chi connectivity index (χ0v) is 12.4. The highest BCUT2D eigenvalue weighted by Crippen LogP contribution is 2.26. The second-order valence-corrected chi connectivity index (χ2v) is 6.28. The Morgan fingerprint density at radius 2 is 1.29 bits per heavy atom. The van der Waals surface area contributed by atoms with Crippen molar-refractivity contribution in [3.63, 3.8) is 0 Å². The van der Waals surface area contributed by atoms with Crippen molar-refractivity contribution in [1.29, 1.82) is 0 Å². The molecule has 2 N–H and O–H groups in total. The fourth-order valence-corrected chi connectivity index (χ4v) is 2.97. The highest BCUT2D eigenvalue weighted by atomic mass is 15.3. The molecule has 102 valence electrons. The third kappa shape index (κ3) is 3.21. The Bertz CT molecular complexity index is 212. The lowest BCUT2D eigenvalue weighted by Gasteiger charge is -2.49. The smallest absolute Gasteiger partial charge is 0.0327 e. The van der Waals surface area contributed by atoms with Gasteiger partial charge in [-0.1, -0.05) is 13.8 Å². The van der Waals surface area contributed by atoms with E-state index in [-0.39, 0.29) is 5.54 Å². The van der Waals surface area contributed by atoms with Crippen molar-refractivity contribution in [3.8, 4) is 0 Å². The molecule has 0 aliphatic carbocycles. The van der Waals surface area contributed by atoms with E-state index in [1.807, 2.05) is 0 Å². The van der Waals surface area contributed by atoms with Crippen LogP contribution in [-0.2, 0) is 0 Å².